The highest BCUT2D eigenvalue weighted by Gasteiger charge is 2.28. The predicted octanol–water partition coefficient (Wildman–Crippen LogP) is 1.90. The Morgan fingerprint density at radius 1 is 1.35 bits per heavy atom. The normalized spacial score (nSPS) is 14.2. The lowest BCUT2D eigenvalue weighted by Gasteiger charge is -2.23. The Morgan fingerprint density at radius 3 is 2.20 bits per heavy atom. The van der Waals surface area contributed by atoms with Gasteiger partial charge < -0.3 is 5.32 Å². The van der Waals surface area contributed by atoms with Crippen molar-refractivity contribution in [2.24, 2.45) is 0 Å². The predicted molar refractivity (Wildman–Crippen MR) is 77.3 cm³/mol. The zero-order valence-corrected chi connectivity index (χ0v) is 14.1. The Balaban J connectivity index is 3.20. The molecule has 0 bridgehead atoms. The number of hydrogen-bond donors (Lipinski definition) is 1. The SMILES string of the molecule is Cc1nn(C(C)C(=O)NC(C)(C)C)c(C)c1S(=O)(=O)Cl. The molecule has 20 heavy (non-hydrogen) atoms. The van der Waals surface area contributed by atoms with Gasteiger partial charge in [-0.2, -0.15) is 5.10 Å². The van der Waals surface area contributed by atoms with Crippen molar-refractivity contribution >= 4 is 25.6 Å². The van der Waals surface area contributed by atoms with Gasteiger partial charge in [-0.3, -0.25) is 9.48 Å². The molecule has 0 aromatic carbocycles. The first-order valence-corrected chi connectivity index (χ1v) is 8.48. The van der Waals surface area contributed by atoms with Crippen molar-refractivity contribution < 1.29 is 13.2 Å². The van der Waals surface area contributed by atoms with Crippen LogP contribution in [0.15, 0.2) is 4.90 Å². The van der Waals surface area contributed by atoms with Gasteiger partial charge in [0.05, 0.1) is 11.4 Å². The van der Waals surface area contributed by atoms with E-state index in [1.807, 2.05) is 20.8 Å². The van der Waals surface area contributed by atoms with Crippen molar-refractivity contribution in [1.82, 2.24) is 15.1 Å². The van der Waals surface area contributed by atoms with Gasteiger partial charge in [0, 0.05) is 16.2 Å². The first kappa shape index (κ1) is 17.0. The van der Waals surface area contributed by atoms with E-state index in [0.29, 0.717) is 5.69 Å². The van der Waals surface area contributed by atoms with Crippen LogP contribution in [0.4, 0.5) is 0 Å². The van der Waals surface area contributed by atoms with E-state index in [9.17, 15) is 13.2 Å². The fraction of sp³-hybridized carbons (Fsp3) is 0.667. The summed E-state index contributed by atoms with van der Waals surface area (Å²) in [5, 5.41) is 6.95. The molecule has 114 valence electrons. The number of carbonyl (C=O) groups is 1. The third kappa shape index (κ3) is 3.73. The van der Waals surface area contributed by atoms with Gasteiger partial charge >= 0.3 is 0 Å². The molecule has 1 amide bonds. The molecule has 1 aromatic heterocycles. The smallest absolute Gasteiger partial charge is 0.264 e. The Labute approximate surface area is 123 Å². The van der Waals surface area contributed by atoms with Crippen LogP contribution < -0.4 is 5.32 Å². The van der Waals surface area contributed by atoms with Gasteiger partial charge in [-0.25, -0.2) is 8.42 Å². The number of nitrogens with one attached hydrogen (secondary N) is 1. The topological polar surface area (TPSA) is 81.1 Å². The number of amides is 1. The third-order valence-electron chi connectivity index (χ3n) is 2.75. The summed E-state index contributed by atoms with van der Waals surface area (Å²) < 4.78 is 24.4. The largest absolute Gasteiger partial charge is 0.350 e. The minimum atomic E-state index is -3.88. The molecule has 0 spiro atoms. The number of aromatic nitrogens is 2. The molecule has 0 saturated heterocycles. The molecular weight excluding hydrogens is 302 g/mol. The number of carbonyl (C=O) groups excluding carboxylic acids is 1. The average Bonchev–Trinajstić information content (AvgIpc) is 2.49. The maximum absolute atomic E-state index is 12.1. The zero-order valence-electron chi connectivity index (χ0n) is 12.5. The lowest BCUT2D eigenvalue weighted by atomic mass is 10.1. The molecule has 1 heterocycles. The first-order chi connectivity index (χ1) is 8.84. The van der Waals surface area contributed by atoms with Crippen LogP contribution in [-0.2, 0) is 13.8 Å². The fourth-order valence-corrected chi connectivity index (χ4v) is 3.47. The molecule has 0 radical (unpaired) electrons. The molecule has 1 unspecified atom stereocenters. The molecule has 0 aliphatic heterocycles. The second-order valence-electron chi connectivity index (χ2n) is 5.80. The number of rotatable bonds is 3. The van der Waals surface area contributed by atoms with Crippen molar-refractivity contribution in [1.29, 1.82) is 0 Å². The van der Waals surface area contributed by atoms with Gasteiger partial charge in [0.15, 0.2) is 0 Å². The Bertz CT molecular complexity index is 629. The van der Waals surface area contributed by atoms with Gasteiger partial charge in [0.25, 0.3) is 9.05 Å². The van der Waals surface area contributed by atoms with Gasteiger partial charge in [-0.05, 0) is 41.5 Å². The molecule has 0 fully saturated rings. The monoisotopic (exact) mass is 321 g/mol. The highest BCUT2D eigenvalue weighted by atomic mass is 35.7. The summed E-state index contributed by atoms with van der Waals surface area (Å²) in [7, 11) is 1.51. The Kier molecular flexibility index (Phi) is 4.55. The summed E-state index contributed by atoms with van der Waals surface area (Å²) >= 11 is 0. The lowest BCUT2D eigenvalue weighted by Crippen LogP contribution is -2.44. The number of nitrogens with zero attached hydrogens (tertiary/aromatic N) is 2. The maximum Gasteiger partial charge on any atom is 0.264 e. The van der Waals surface area contributed by atoms with E-state index in [-0.39, 0.29) is 22.0 Å². The van der Waals surface area contributed by atoms with E-state index in [2.05, 4.69) is 10.4 Å². The van der Waals surface area contributed by atoms with Crippen molar-refractivity contribution in [3.8, 4) is 0 Å². The summed E-state index contributed by atoms with van der Waals surface area (Å²) in [6, 6.07) is -0.625. The quantitative estimate of drug-likeness (QED) is 0.862. The van der Waals surface area contributed by atoms with Crippen LogP contribution in [0, 0.1) is 13.8 Å². The van der Waals surface area contributed by atoms with Gasteiger partial charge in [0.1, 0.15) is 10.9 Å². The van der Waals surface area contributed by atoms with Crippen LogP contribution >= 0.6 is 10.7 Å². The molecule has 1 atom stereocenters. The summed E-state index contributed by atoms with van der Waals surface area (Å²) in [5.41, 5.74) is 0.269. The summed E-state index contributed by atoms with van der Waals surface area (Å²) in [4.78, 5) is 12.1. The highest BCUT2D eigenvalue weighted by Crippen LogP contribution is 2.25. The number of aryl methyl sites for hydroxylation is 1. The molecule has 8 heteroatoms. The van der Waals surface area contributed by atoms with E-state index in [0.717, 1.165) is 0 Å². The second-order valence-corrected chi connectivity index (χ2v) is 8.30. The van der Waals surface area contributed by atoms with Crippen molar-refractivity contribution in [3.63, 3.8) is 0 Å². The van der Waals surface area contributed by atoms with Crippen LogP contribution in [0.25, 0.3) is 0 Å². The molecule has 1 aromatic rings. The molecular formula is C12H20ClN3O3S. The van der Waals surface area contributed by atoms with Crippen LogP contribution in [0.5, 0.6) is 0 Å². The first-order valence-electron chi connectivity index (χ1n) is 6.17. The van der Waals surface area contributed by atoms with Crippen molar-refractivity contribution in [2.45, 2.75) is 58.0 Å². The van der Waals surface area contributed by atoms with Crippen LogP contribution in [0.3, 0.4) is 0 Å². The fourth-order valence-electron chi connectivity index (χ4n) is 1.96. The molecule has 0 aliphatic rings. The third-order valence-corrected chi connectivity index (χ3v) is 4.29. The van der Waals surface area contributed by atoms with Gasteiger partial charge in [-0.15, -0.1) is 0 Å². The van der Waals surface area contributed by atoms with Gasteiger partial charge in [-0.1, -0.05) is 0 Å². The van der Waals surface area contributed by atoms with Crippen LogP contribution in [0.1, 0.15) is 45.1 Å². The molecule has 1 rings (SSSR count). The molecule has 0 aliphatic carbocycles. The Hall–Kier alpha value is -1.08. The van der Waals surface area contributed by atoms with E-state index in [4.69, 9.17) is 10.7 Å². The average molecular weight is 322 g/mol. The summed E-state index contributed by atoms with van der Waals surface area (Å²) in [6.07, 6.45) is 0. The Morgan fingerprint density at radius 2 is 1.85 bits per heavy atom. The number of halogens is 1. The minimum absolute atomic E-state index is 0.0328. The van der Waals surface area contributed by atoms with Crippen LogP contribution in [0.2, 0.25) is 0 Å². The highest BCUT2D eigenvalue weighted by molar-refractivity contribution is 8.13. The summed E-state index contributed by atoms with van der Waals surface area (Å²) in [5.74, 6) is -0.235. The van der Waals surface area contributed by atoms with E-state index >= 15 is 0 Å². The van der Waals surface area contributed by atoms with Gasteiger partial charge in [0.2, 0.25) is 5.91 Å². The minimum Gasteiger partial charge on any atom is -0.350 e. The van der Waals surface area contributed by atoms with Crippen molar-refractivity contribution in [3.05, 3.63) is 11.4 Å². The molecule has 1 N–H and O–H groups in total. The van der Waals surface area contributed by atoms with E-state index in [1.165, 1.54) is 4.68 Å². The summed E-state index contributed by atoms with van der Waals surface area (Å²) in [6.45, 7) is 10.4. The lowest BCUT2D eigenvalue weighted by molar-refractivity contribution is -0.125. The van der Waals surface area contributed by atoms with Crippen LogP contribution in [-0.4, -0.2) is 29.6 Å². The number of hydrogen-bond acceptors (Lipinski definition) is 4. The standard InChI is InChI=1S/C12H20ClN3O3S/c1-7-10(20(13,18)19)8(2)16(15-7)9(3)11(17)14-12(4,5)6/h9H,1-6H3,(H,14,17). The maximum atomic E-state index is 12.1. The van der Waals surface area contributed by atoms with Crippen molar-refractivity contribution in [2.75, 3.05) is 0 Å². The van der Waals surface area contributed by atoms with E-state index < -0.39 is 15.1 Å². The molecule has 6 nitrogen and oxygen atoms in total. The van der Waals surface area contributed by atoms with E-state index in [1.54, 1.807) is 20.8 Å². The second kappa shape index (κ2) is 5.37. The zero-order chi connectivity index (χ0) is 15.9. The molecule has 0 saturated carbocycles.